The average molecular weight is 149 g/mol. The van der Waals surface area contributed by atoms with E-state index in [1.54, 1.807) is 0 Å². The molecule has 1 N–H and O–H groups in total. The Morgan fingerprint density at radius 3 is 2.27 bits per heavy atom. The molecule has 60 valence electrons. The molecular weight excluding hydrogens is 134 g/mol. The Kier molecular flexibility index (Phi) is 2.18. The molecule has 0 aromatic heterocycles. The fraction of sp³-hybridized carbons (Fsp3) is 0.400. The van der Waals surface area contributed by atoms with Crippen LogP contribution in [0.3, 0.4) is 0 Å². The lowest BCUT2D eigenvalue weighted by Gasteiger charge is -2.08. The van der Waals surface area contributed by atoms with Crippen molar-refractivity contribution in [2.75, 3.05) is 12.4 Å². The Balaban J connectivity index is 3.24. The lowest BCUT2D eigenvalue weighted by atomic mass is 10.0. The van der Waals surface area contributed by atoms with E-state index in [-0.39, 0.29) is 0 Å². The molecule has 0 atom stereocenters. The zero-order valence-corrected chi connectivity index (χ0v) is 7.65. The largest absolute Gasteiger partial charge is 0.388 e. The third kappa shape index (κ3) is 1.53. The Bertz CT molecular complexity index is 264. The van der Waals surface area contributed by atoms with Gasteiger partial charge in [0.05, 0.1) is 0 Å². The fourth-order valence-corrected chi connectivity index (χ4v) is 1.30. The van der Waals surface area contributed by atoms with Gasteiger partial charge in [0.25, 0.3) is 0 Å². The molecule has 1 rings (SSSR count). The second-order valence-electron chi connectivity index (χ2n) is 3.00. The highest BCUT2D eigenvalue weighted by Gasteiger charge is 1.98. The van der Waals surface area contributed by atoms with Gasteiger partial charge in [-0.05, 0) is 43.5 Å². The Labute approximate surface area is 68.4 Å². The minimum atomic E-state index is 1.24. The summed E-state index contributed by atoms with van der Waals surface area (Å²) in [5.74, 6) is 0. The van der Waals surface area contributed by atoms with Gasteiger partial charge in [-0.1, -0.05) is 6.07 Å². The highest BCUT2D eigenvalue weighted by molar-refractivity contribution is 5.55. The van der Waals surface area contributed by atoms with Gasteiger partial charge in [-0.3, -0.25) is 0 Å². The first-order valence-electron chi connectivity index (χ1n) is 3.90. The van der Waals surface area contributed by atoms with Gasteiger partial charge in [0.1, 0.15) is 0 Å². The number of nitrogens with one attached hydrogen (secondary N) is 1. The van der Waals surface area contributed by atoms with E-state index in [4.69, 9.17) is 0 Å². The first kappa shape index (κ1) is 8.12. The molecule has 0 bridgehead atoms. The predicted octanol–water partition coefficient (Wildman–Crippen LogP) is 2.65. The van der Waals surface area contributed by atoms with Gasteiger partial charge in [0.2, 0.25) is 0 Å². The van der Waals surface area contributed by atoms with Gasteiger partial charge >= 0.3 is 0 Å². The zero-order valence-electron chi connectivity index (χ0n) is 7.65. The lowest BCUT2D eigenvalue weighted by Crippen LogP contribution is -1.94. The summed E-state index contributed by atoms with van der Waals surface area (Å²) in [6.07, 6.45) is 0. The summed E-state index contributed by atoms with van der Waals surface area (Å²) in [5.41, 5.74) is 5.26. The maximum Gasteiger partial charge on any atom is 0.0372 e. The highest BCUT2D eigenvalue weighted by Crippen LogP contribution is 2.19. The van der Waals surface area contributed by atoms with Crippen molar-refractivity contribution >= 4 is 5.69 Å². The normalized spacial score (nSPS) is 9.82. The minimum absolute atomic E-state index is 1.24. The molecule has 0 saturated heterocycles. The van der Waals surface area contributed by atoms with E-state index in [0.717, 1.165) is 0 Å². The second-order valence-corrected chi connectivity index (χ2v) is 3.00. The molecule has 0 heterocycles. The first-order valence-corrected chi connectivity index (χ1v) is 3.90. The summed E-state index contributed by atoms with van der Waals surface area (Å²) in [6.45, 7) is 6.40. The molecule has 0 unspecified atom stereocenters. The van der Waals surface area contributed by atoms with E-state index < -0.39 is 0 Å². The number of rotatable bonds is 1. The third-order valence-corrected chi connectivity index (χ3v) is 2.08. The van der Waals surface area contributed by atoms with Crippen LogP contribution in [0.25, 0.3) is 0 Å². The number of hydrogen-bond acceptors (Lipinski definition) is 1. The van der Waals surface area contributed by atoms with Crippen LogP contribution in [0.1, 0.15) is 16.7 Å². The van der Waals surface area contributed by atoms with Gasteiger partial charge in [-0.2, -0.15) is 0 Å². The number of benzene rings is 1. The summed E-state index contributed by atoms with van der Waals surface area (Å²) < 4.78 is 0. The molecule has 0 radical (unpaired) electrons. The summed E-state index contributed by atoms with van der Waals surface area (Å²) >= 11 is 0. The predicted molar refractivity (Wildman–Crippen MR) is 50.2 cm³/mol. The van der Waals surface area contributed by atoms with Gasteiger partial charge in [-0.25, -0.2) is 0 Å². The Morgan fingerprint density at radius 1 is 1.09 bits per heavy atom. The molecule has 0 amide bonds. The number of hydrogen-bond donors (Lipinski definition) is 1. The minimum Gasteiger partial charge on any atom is -0.388 e. The molecule has 0 saturated carbocycles. The molecular formula is C10H15N. The molecule has 0 fully saturated rings. The quantitative estimate of drug-likeness (QED) is 0.647. The molecule has 1 heteroatoms. The Morgan fingerprint density at radius 2 is 1.73 bits per heavy atom. The maximum absolute atomic E-state index is 3.18. The van der Waals surface area contributed by atoms with E-state index in [9.17, 15) is 0 Å². The van der Waals surface area contributed by atoms with Crippen molar-refractivity contribution in [1.29, 1.82) is 0 Å². The summed E-state index contributed by atoms with van der Waals surface area (Å²) in [5, 5.41) is 3.18. The molecule has 0 aliphatic heterocycles. The smallest absolute Gasteiger partial charge is 0.0372 e. The number of aryl methyl sites for hydroxylation is 2. The van der Waals surface area contributed by atoms with Crippen LogP contribution in [0.15, 0.2) is 12.1 Å². The van der Waals surface area contributed by atoms with E-state index in [1.165, 1.54) is 22.4 Å². The highest BCUT2D eigenvalue weighted by atomic mass is 14.8. The third-order valence-electron chi connectivity index (χ3n) is 2.08. The standard InChI is InChI=1S/C10H15N/c1-7-5-8(2)9(3)10(6-7)11-4/h5-6,11H,1-4H3. The van der Waals surface area contributed by atoms with Crippen molar-refractivity contribution in [2.24, 2.45) is 0 Å². The van der Waals surface area contributed by atoms with E-state index >= 15 is 0 Å². The van der Waals surface area contributed by atoms with Crippen LogP contribution in [0.2, 0.25) is 0 Å². The van der Waals surface area contributed by atoms with Crippen molar-refractivity contribution in [1.82, 2.24) is 0 Å². The summed E-state index contributed by atoms with van der Waals surface area (Å²) in [4.78, 5) is 0. The van der Waals surface area contributed by atoms with Crippen LogP contribution < -0.4 is 5.32 Å². The van der Waals surface area contributed by atoms with Crippen LogP contribution in [-0.2, 0) is 0 Å². The fourth-order valence-electron chi connectivity index (χ4n) is 1.30. The van der Waals surface area contributed by atoms with Gasteiger partial charge < -0.3 is 5.32 Å². The molecule has 1 aromatic carbocycles. The van der Waals surface area contributed by atoms with Gasteiger partial charge in [0, 0.05) is 12.7 Å². The SMILES string of the molecule is CNc1cc(C)cc(C)c1C. The van der Waals surface area contributed by atoms with Gasteiger partial charge in [-0.15, -0.1) is 0 Å². The zero-order chi connectivity index (χ0) is 8.43. The maximum atomic E-state index is 3.18. The lowest BCUT2D eigenvalue weighted by molar-refractivity contribution is 1.28. The number of anilines is 1. The van der Waals surface area contributed by atoms with Crippen LogP contribution in [0.4, 0.5) is 5.69 Å². The van der Waals surface area contributed by atoms with Crippen LogP contribution >= 0.6 is 0 Å². The van der Waals surface area contributed by atoms with E-state index in [2.05, 4.69) is 38.2 Å². The van der Waals surface area contributed by atoms with Gasteiger partial charge in [0.15, 0.2) is 0 Å². The van der Waals surface area contributed by atoms with Crippen molar-refractivity contribution in [3.63, 3.8) is 0 Å². The monoisotopic (exact) mass is 149 g/mol. The van der Waals surface area contributed by atoms with E-state index in [0.29, 0.717) is 0 Å². The van der Waals surface area contributed by atoms with Crippen molar-refractivity contribution in [3.8, 4) is 0 Å². The molecule has 0 spiro atoms. The topological polar surface area (TPSA) is 12.0 Å². The first-order chi connectivity index (χ1) is 5.15. The molecule has 0 aliphatic rings. The second kappa shape index (κ2) is 2.95. The van der Waals surface area contributed by atoms with Crippen LogP contribution in [0.5, 0.6) is 0 Å². The molecule has 1 aromatic rings. The average Bonchev–Trinajstić information content (AvgIpc) is 1.96. The Hall–Kier alpha value is -0.980. The summed E-state index contributed by atoms with van der Waals surface area (Å²) in [6, 6.07) is 4.37. The van der Waals surface area contributed by atoms with Crippen molar-refractivity contribution < 1.29 is 0 Å². The molecule has 1 nitrogen and oxygen atoms in total. The van der Waals surface area contributed by atoms with Crippen LogP contribution in [-0.4, -0.2) is 7.05 Å². The summed E-state index contributed by atoms with van der Waals surface area (Å²) in [7, 11) is 1.96. The van der Waals surface area contributed by atoms with Crippen molar-refractivity contribution in [3.05, 3.63) is 28.8 Å². The van der Waals surface area contributed by atoms with E-state index in [1.807, 2.05) is 7.05 Å². The molecule has 0 aliphatic carbocycles. The van der Waals surface area contributed by atoms with Crippen molar-refractivity contribution in [2.45, 2.75) is 20.8 Å². The molecule has 11 heavy (non-hydrogen) atoms. The van der Waals surface area contributed by atoms with Crippen LogP contribution in [0, 0.1) is 20.8 Å².